The molecular weight excluding hydrogens is 334 g/mol. The molecule has 26 heavy (non-hydrogen) atoms. The summed E-state index contributed by atoms with van der Waals surface area (Å²) in [5.74, 6) is 0. The van der Waals surface area contributed by atoms with Crippen molar-refractivity contribution in [2.75, 3.05) is 25.0 Å². The van der Waals surface area contributed by atoms with E-state index in [1.165, 1.54) is 5.01 Å². The van der Waals surface area contributed by atoms with Gasteiger partial charge in [0, 0.05) is 18.7 Å². The third-order valence-corrected chi connectivity index (χ3v) is 4.52. The molecule has 2 aromatic rings. The Balaban J connectivity index is 1.62. The van der Waals surface area contributed by atoms with E-state index in [2.05, 4.69) is 26.6 Å². The maximum atomic E-state index is 12.0. The van der Waals surface area contributed by atoms with Crippen molar-refractivity contribution in [3.8, 4) is 5.69 Å². The average molecular weight is 359 g/mol. The van der Waals surface area contributed by atoms with Crippen molar-refractivity contribution >= 4 is 5.69 Å². The highest BCUT2D eigenvalue weighted by molar-refractivity contribution is 5.53. The SMILES string of the molecule is CN(/[N+]([O-])=N\O[C@@H]1CCN(c2cccc(-n3ccnn3)c2)C1)C(C)(C)C. The molecule has 3 rings (SSSR count). The fourth-order valence-corrected chi connectivity index (χ4v) is 2.65. The number of benzene rings is 1. The fraction of sp³-hybridized carbons (Fsp3) is 0.529. The fourth-order valence-electron chi connectivity index (χ4n) is 2.65. The maximum absolute atomic E-state index is 12.0. The first kappa shape index (κ1) is 18.0. The van der Waals surface area contributed by atoms with Crippen LogP contribution in [0.3, 0.4) is 0 Å². The molecule has 0 unspecified atom stereocenters. The van der Waals surface area contributed by atoms with E-state index in [0.717, 1.165) is 24.3 Å². The third-order valence-electron chi connectivity index (χ3n) is 4.52. The highest BCUT2D eigenvalue weighted by Crippen LogP contribution is 2.24. The molecule has 9 nitrogen and oxygen atoms in total. The standard InChI is InChI=1S/C17H25N7O2/c1-17(2,3)21(4)24(25)20-26-16-8-10-22(13-16)14-6-5-7-15(12-14)23-11-9-18-19-23/h5-7,9,11-12,16H,8,10,13H2,1-4H3/b24-20+/t16-/m1/s1. The Hall–Kier alpha value is -2.84. The van der Waals surface area contributed by atoms with Crippen molar-refractivity contribution in [3.05, 3.63) is 41.9 Å². The van der Waals surface area contributed by atoms with Crippen molar-refractivity contribution < 1.29 is 9.81 Å². The van der Waals surface area contributed by atoms with Gasteiger partial charge < -0.3 is 14.9 Å². The van der Waals surface area contributed by atoms with Gasteiger partial charge >= 0.3 is 0 Å². The molecule has 0 amide bonds. The number of rotatable bonds is 5. The normalized spacial score (nSPS) is 18.2. The van der Waals surface area contributed by atoms with Gasteiger partial charge in [-0.25, -0.2) is 4.68 Å². The van der Waals surface area contributed by atoms with E-state index in [1.54, 1.807) is 17.9 Å². The molecule has 1 atom stereocenters. The quantitative estimate of drug-likeness (QED) is 0.463. The van der Waals surface area contributed by atoms with Crippen LogP contribution in [0, 0.1) is 5.21 Å². The van der Waals surface area contributed by atoms with Crippen LogP contribution in [0.5, 0.6) is 0 Å². The number of aromatic nitrogens is 3. The van der Waals surface area contributed by atoms with Gasteiger partial charge in [-0.3, -0.25) is 0 Å². The van der Waals surface area contributed by atoms with Crippen LogP contribution >= 0.6 is 0 Å². The summed E-state index contributed by atoms with van der Waals surface area (Å²) in [6.07, 6.45) is 4.15. The van der Waals surface area contributed by atoms with E-state index in [0.29, 0.717) is 11.5 Å². The molecule has 0 N–H and O–H groups in total. The second kappa shape index (κ2) is 7.19. The molecule has 9 heteroatoms. The monoisotopic (exact) mass is 359 g/mol. The van der Waals surface area contributed by atoms with Crippen LogP contribution in [0.4, 0.5) is 5.69 Å². The lowest BCUT2D eigenvalue weighted by molar-refractivity contribution is -0.720. The van der Waals surface area contributed by atoms with E-state index in [1.807, 2.05) is 45.2 Å². The summed E-state index contributed by atoms with van der Waals surface area (Å²) in [5.41, 5.74) is 1.71. The second-order valence-electron chi connectivity index (χ2n) is 7.36. The molecule has 140 valence electrons. The largest absolute Gasteiger partial charge is 0.569 e. The van der Waals surface area contributed by atoms with Crippen molar-refractivity contribution in [1.29, 1.82) is 0 Å². The Labute approximate surface area is 153 Å². The van der Waals surface area contributed by atoms with Crippen LogP contribution < -0.4 is 4.90 Å². The zero-order valence-corrected chi connectivity index (χ0v) is 15.6. The van der Waals surface area contributed by atoms with E-state index >= 15 is 0 Å². The first-order valence-corrected chi connectivity index (χ1v) is 8.64. The zero-order valence-electron chi connectivity index (χ0n) is 15.6. The van der Waals surface area contributed by atoms with Crippen molar-refractivity contribution in [3.63, 3.8) is 0 Å². The molecule has 1 aromatic carbocycles. The van der Waals surface area contributed by atoms with Crippen molar-refractivity contribution in [2.45, 2.75) is 38.8 Å². The van der Waals surface area contributed by atoms with E-state index in [-0.39, 0.29) is 11.6 Å². The third kappa shape index (κ3) is 4.04. The predicted octanol–water partition coefficient (Wildman–Crippen LogP) is 2.39. The molecular formula is C17H25N7O2. The van der Waals surface area contributed by atoms with Crippen LogP contribution in [-0.4, -0.2) is 56.8 Å². The molecule has 0 radical (unpaired) electrons. The molecule has 1 aliphatic heterocycles. The van der Waals surface area contributed by atoms with Gasteiger partial charge in [0.15, 0.2) is 6.10 Å². The Morgan fingerprint density at radius 2 is 2.12 bits per heavy atom. The van der Waals surface area contributed by atoms with Crippen LogP contribution in [0.15, 0.2) is 41.9 Å². The molecule has 1 aliphatic rings. The molecule has 0 saturated carbocycles. The van der Waals surface area contributed by atoms with Gasteiger partial charge in [-0.2, -0.15) is 0 Å². The molecule has 2 heterocycles. The van der Waals surface area contributed by atoms with Gasteiger partial charge in [0.1, 0.15) is 0 Å². The first-order valence-electron chi connectivity index (χ1n) is 8.64. The van der Waals surface area contributed by atoms with E-state index in [9.17, 15) is 5.21 Å². The number of anilines is 1. The van der Waals surface area contributed by atoms with Crippen LogP contribution in [-0.2, 0) is 4.84 Å². The number of hydrazine groups is 1. The molecule has 0 aliphatic carbocycles. The first-order chi connectivity index (χ1) is 12.3. The second-order valence-corrected chi connectivity index (χ2v) is 7.36. The highest BCUT2D eigenvalue weighted by Gasteiger charge is 2.27. The minimum atomic E-state index is -0.321. The summed E-state index contributed by atoms with van der Waals surface area (Å²) < 4.78 is 1.72. The van der Waals surface area contributed by atoms with E-state index in [4.69, 9.17) is 4.84 Å². The lowest BCUT2D eigenvalue weighted by atomic mass is 10.1. The topological polar surface area (TPSA) is 84.9 Å². The molecule has 1 fully saturated rings. The molecule has 0 spiro atoms. The Bertz CT molecular complexity index is 755. The lowest BCUT2D eigenvalue weighted by Crippen LogP contribution is -2.42. The minimum Gasteiger partial charge on any atom is -0.569 e. The predicted molar refractivity (Wildman–Crippen MR) is 96.6 cm³/mol. The zero-order chi connectivity index (χ0) is 18.7. The van der Waals surface area contributed by atoms with Gasteiger partial charge in [-0.15, -0.1) is 10.1 Å². The molecule has 1 saturated heterocycles. The van der Waals surface area contributed by atoms with Crippen LogP contribution in [0.2, 0.25) is 0 Å². The van der Waals surface area contributed by atoms with Gasteiger partial charge in [0.2, 0.25) is 5.28 Å². The summed E-state index contributed by atoms with van der Waals surface area (Å²) >= 11 is 0. The van der Waals surface area contributed by atoms with Crippen molar-refractivity contribution in [1.82, 2.24) is 20.0 Å². The Morgan fingerprint density at radius 1 is 1.35 bits per heavy atom. The lowest BCUT2D eigenvalue weighted by Gasteiger charge is -2.26. The number of nitrogens with zero attached hydrogens (tertiary/aromatic N) is 7. The van der Waals surface area contributed by atoms with Crippen molar-refractivity contribution in [2.24, 2.45) is 5.28 Å². The smallest absolute Gasteiger partial charge is 0.233 e. The summed E-state index contributed by atoms with van der Waals surface area (Å²) in [6, 6.07) is 8.08. The highest BCUT2D eigenvalue weighted by atomic mass is 16.7. The van der Waals surface area contributed by atoms with Gasteiger partial charge in [0.25, 0.3) is 0 Å². The van der Waals surface area contributed by atoms with Crippen LogP contribution in [0.25, 0.3) is 5.69 Å². The van der Waals surface area contributed by atoms with E-state index < -0.39 is 0 Å². The Kier molecular flexibility index (Phi) is 4.97. The summed E-state index contributed by atoms with van der Waals surface area (Å²) in [6.45, 7) is 7.33. The van der Waals surface area contributed by atoms with Gasteiger partial charge in [-0.05, 0) is 39.0 Å². The maximum Gasteiger partial charge on any atom is 0.233 e. The number of hydrogen-bond donors (Lipinski definition) is 0. The van der Waals surface area contributed by atoms with Crippen LogP contribution in [0.1, 0.15) is 27.2 Å². The van der Waals surface area contributed by atoms with Gasteiger partial charge in [-0.1, -0.05) is 11.3 Å². The minimum absolute atomic E-state index is 0.116. The number of hydrogen-bond acceptors (Lipinski definition) is 6. The Morgan fingerprint density at radius 3 is 2.81 bits per heavy atom. The molecule has 0 bridgehead atoms. The summed E-state index contributed by atoms with van der Waals surface area (Å²) in [5, 5.41) is 25.1. The molecule has 1 aromatic heterocycles. The average Bonchev–Trinajstić information content (AvgIpc) is 3.30. The summed E-state index contributed by atoms with van der Waals surface area (Å²) in [4.78, 5) is 8.18. The summed E-state index contributed by atoms with van der Waals surface area (Å²) in [7, 11) is 1.69. The van der Waals surface area contributed by atoms with Gasteiger partial charge in [0.05, 0.1) is 42.2 Å².